The molecular weight excluding hydrogens is 246 g/mol. The van der Waals surface area contributed by atoms with Crippen molar-refractivity contribution < 1.29 is 0 Å². The molecule has 0 aliphatic rings. The van der Waals surface area contributed by atoms with E-state index in [-0.39, 0.29) is 12.1 Å². The Labute approximate surface area is 124 Å². The fourth-order valence-electron chi connectivity index (χ4n) is 2.69. The van der Waals surface area contributed by atoms with Gasteiger partial charge in [0.25, 0.3) is 0 Å². The van der Waals surface area contributed by atoms with Gasteiger partial charge in [0.2, 0.25) is 0 Å². The van der Waals surface area contributed by atoms with Gasteiger partial charge in [-0.05, 0) is 30.4 Å². The Bertz CT molecular complexity index is 352. The summed E-state index contributed by atoms with van der Waals surface area (Å²) in [6, 6.07) is 6.47. The smallest absolute Gasteiger partial charge is 0.0673 e. The first kappa shape index (κ1) is 17.1. The standard InChI is InChI=1S/C17H31N3/c1-6-15(18)17(16-9-7-8-10-19-16)20(11-13(2)3)12-14(4)5/h7-10,13-15,17H,6,11-12,18H2,1-5H3. The van der Waals surface area contributed by atoms with Crippen LogP contribution in [0.15, 0.2) is 24.4 Å². The van der Waals surface area contributed by atoms with Gasteiger partial charge in [-0.3, -0.25) is 9.88 Å². The van der Waals surface area contributed by atoms with Crippen molar-refractivity contribution in [2.45, 2.75) is 53.1 Å². The summed E-state index contributed by atoms with van der Waals surface area (Å²) in [4.78, 5) is 7.08. The second-order valence-corrected chi connectivity index (χ2v) is 6.51. The number of hydrogen-bond acceptors (Lipinski definition) is 3. The monoisotopic (exact) mass is 277 g/mol. The fourth-order valence-corrected chi connectivity index (χ4v) is 2.69. The number of rotatable bonds is 8. The highest BCUT2D eigenvalue weighted by molar-refractivity contribution is 5.11. The highest BCUT2D eigenvalue weighted by atomic mass is 15.2. The van der Waals surface area contributed by atoms with E-state index in [1.807, 2.05) is 12.3 Å². The van der Waals surface area contributed by atoms with Crippen LogP contribution in [-0.4, -0.2) is 29.0 Å². The predicted molar refractivity (Wildman–Crippen MR) is 86.5 cm³/mol. The molecule has 0 fully saturated rings. The van der Waals surface area contributed by atoms with Gasteiger partial charge in [0.1, 0.15) is 0 Å². The summed E-state index contributed by atoms with van der Waals surface area (Å²) in [7, 11) is 0. The van der Waals surface area contributed by atoms with Crippen LogP contribution in [0.25, 0.3) is 0 Å². The van der Waals surface area contributed by atoms with Gasteiger partial charge in [0.15, 0.2) is 0 Å². The minimum absolute atomic E-state index is 0.127. The van der Waals surface area contributed by atoms with Crippen LogP contribution in [0.3, 0.4) is 0 Å². The summed E-state index contributed by atoms with van der Waals surface area (Å²) >= 11 is 0. The van der Waals surface area contributed by atoms with E-state index >= 15 is 0 Å². The second-order valence-electron chi connectivity index (χ2n) is 6.51. The average Bonchev–Trinajstić information content (AvgIpc) is 2.38. The van der Waals surface area contributed by atoms with E-state index in [1.54, 1.807) is 0 Å². The van der Waals surface area contributed by atoms with E-state index in [4.69, 9.17) is 5.73 Å². The number of nitrogens with two attached hydrogens (primary N) is 1. The average molecular weight is 277 g/mol. The molecule has 0 saturated carbocycles. The zero-order chi connectivity index (χ0) is 15.1. The summed E-state index contributed by atoms with van der Waals surface area (Å²) in [6.45, 7) is 13.3. The molecule has 114 valence electrons. The van der Waals surface area contributed by atoms with Crippen LogP contribution in [0.2, 0.25) is 0 Å². The molecule has 0 spiro atoms. The maximum absolute atomic E-state index is 6.42. The SMILES string of the molecule is CCC(N)C(c1ccccn1)N(CC(C)C)CC(C)C. The van der Waals surface area contributed by atoms with E-state index in [0.29, 0.717) is 11.8 Å². The zero-order valence-electron chi connectivity index (χ0n) is 13.7. The minimum atomic E-state index is 0.127. The van der Waals surface area contributed by atoms with Crippen molar-refractivity contribution in [2.24, 2.45) is 17.6 Å². The van der Waals surface area contributed by atoms with Gasteiger partial charge < -0.3 is 5.73 Å². The number of aromatic nitrogens is 1. The molecule has 0 radical (unpaired) electrons. The Morgan fingerprint density at radius 2 is 1.70 bits per heavy atom. The molecule has 0 saturated heterocycles. The summed E-state index contributed by atoms with van der Waals surface area (Å²) in [5.41, 5.74) is 7.52. The molecule has 0 amide bonds. The van der Waals surface area contributed by atoms with Gasteiger partial charge >= 0.3 is 0 Å². The van der Waals surface area contributed by atoms with Crippen LogP contribution in [-0.2, 0) is 0 Å². The Morgan fingerprint density at radius 3 is 2.10 bits per heavy atom. The first-order valence-corrected chi connectivity index (χ1v) is 7.86. The van der Waals surface area contributed by atoms with Crippen molar-refractivity contribution in [1.29, 1.82) is 0 Å². The van der Waals surface area contributed by atoms with E-state index in [9.17, 15) is 0 Å². The van der Waals surface area contributed by atoms with Crippen LogP contribution in [0, 0.1) is 11.8 Å². The second kappa shape index (κ2) is 8.38. The molecule has 2 unspecified atom stereocenters. The van der Waals surface area contributed by atoms with Crippen LogP contribution in [0.1, 0.15) is 52.8 Å². The molecule has 0 aliphatic heterocycles. The summed E-state index contributed by atoms with van der Waals surface area (Å²) in [5.74, 6) is 1.26. The summed E-state index contributed by atoms with van der Waals surface area (Å²) < 4.78 is 0. The largest absolute Gasteiger partial charge is 0.326 e. The fraction of sp³-hybridized carbons (Fsp3) is 0.706. The lowest BCUT2D eigenvalue weighted by molar-refractivity contribution is 0.131. The molecule has 3 heteroatoms. The Kier molecular flexibility index (Phi) is 7.17. The molecule has 1 aromatic heterocycles. The normalized spacial score (nSPS) is 15.1. The van der Waals surface area contributed by atoms with Gasteiger partial charge in [-0.15, -0.1) is 0 Å². The lowest BCUT2D eigenvalue weighted by Crippen LogP contribution is -2.44. The van der Waals surface area contributed by atoms with Crippen LogP contribution < -0.4 is 5.73 Å². The quantitative estimate of drug-likeness (QED) is 0.791. The summed E-state index contributed by atoms with van der Waals surface area (Å²) in [5, 5.41) is 0. The lowest BCUT2D eigenvalue weighted by Gasteiger charge is -2.37. The third-order valence-corrected chi connectivity index (χ3v) is 3.46. The lowest BCUT2D eigenvalue weighted by atomic mass is 9.98. The highest BCUT2D eigenvalue weighted by Gasteiger charge is 2.27. The van der Waals surface area contributed by atoms with Gasteiger partial charge in [-0.1, -0.05) is 40.7 Å². The Morgan fingerprint density at radius 1 is 1.10 bits per heavy atom. The maximum Gasteiger partial charge on any atom is 0.0673 e. The van der Waals surface area contributed by atoms with E-state index in [2.05, 4.69) is 56.6 Å². The molecule has 2 atom stereocenters. The van der Waals surface area contributed by atoms with Crippen LogP contribution >= 0.6 is 0 Å². The molecule has 3 nitrogen and oxygen atoms in total. The van der Waals surface area contributed by atoms with Crippen molar-refractivity contribution in [1.82, 2.24) is 9.88 Å². The van der Waals surface area contributed by atoms with E-state index in [0.717, 1.165) is 25.2 Å². The maximum atomic E-state index is 6.42. The molecule has 2 N–H and O–H groups in total. The molecule has 20 heavy (non-hydrogen) atoms. The summed E-state index contributed by atoms with van der Waals surface area (Å²) in [6.07, 6.45) is 2.83. The molecule has 1 heterocycles. The van der Waals surface area contributed by atoms with E-state index < -0.39 is 0 Å². The third kappa shape index (κ3) is 5.22. The molecular formula is C17H31N3. The molecule has 1 rings (SSSR count). The zero-order valence-corrected chi connectivity index (χ0v) is 13.7. The number of hydrogen-bond donors (Lipinski definition) is 1. The van der Waals surface area contributed by atoms with Gasteiger partial charge in [0.05, 0.1) is 11.7 Å². The molecule has 1 aromatic rings. The van der Waals surface area contributed by atoms with Crippen LogP contribution in [0.4, 0.5) is 0 Å². The van der Waals surface area contributed by atoms with Gasteiger partial charge in [0, 0.05) is 25.3 Å². The topological polar surface area (TPSA) is 42.1 Å². The first-order chi connectivity index (χ1) is 9.45. The van der Waals surface area contributed by atoms with Crippen molar-refractivity contribution in [3.63, 3.8) is 0 Å². The van der Waals surface area contributed by atoms with Crippen LogP contribution in [0.5, 0.6) is 0 Å². The van der Waals surface area contributed by atoms with Crippen molar-refractivity contribution in [3.05, 3.63) is 30.1 Å². The molecule has 0 bridgehead atoms. The van der Waals surface area contributed by atoms with Crippen molar-refractivity contribution in [2.75, 3.05) is 13.1 Å². The predicted octanol–water partition coefficient (Wildman–Crippen LogP) is 3.47. The van der Waals surface area contributed by atoms with Gasteiger partial charge in [-0.25, -0.2) is 0 Å². The van der Waals surface area contributed by atoms with Crippen molar-refractivity contribution in [3.8, 4) is 0 Å². The Hall–Kier alpha value is -0.930. The third-order valence-electron chi connectivity index (χ3n) is 3.46. The highest BCUT2D eigenvalue weighted by Crippen LogP contribution is 2.25. The van der Waals surface area contributed by atoms with E-state index in [1.165, 1.54) is 0 Å². The van der Waals surface area contributed by atoms with Crippen molar-refractivity contribution >= 4 is 0 Å². The molecule has 0 aliphatic carbocycles. The Balaban J connectivity index is 3.04. The molecule has 0 aromatic carbocycles. The minimum Gasteiger partial charge on any atom is -0.326 e. The first-order valence-electron chi connectivity index (χ1n) is 7.86. The number of pyridine rings is 1. The van der Waals surface area contributed by atoms with Gasteiger partial charge in [-0.2, -0.15) is 0 Å². The number of nitrogens with zero attached hydrogens (tertiary/aromatic N) is 2.